The molecule has 0 amide bonds. The minimum atomic E-state index is -0.0412. The normalized spacial score (nSPS) is 11.2. The molecule has 16 heavy (non-hydrogen) atoms. The molecule has 0 aliphatic rings. The summed E-state index contributed by atoms with van der Waals surface area (Å²) >= 11 is 1.56. The number of aromatic amines is 1. The molecular formula is C10H14N4OS. The van der Waals surface area contributed by atoms with Gasteiger partial charge in [0.2, 0.25) is 0 Å². The van der Waals surface area contributed by atoms with E-state index in [4.69, 9.17) is 0 Å². The van der Waals surface area contributed by atoms with Crippen LogP contribution in [0.2, 0.25) is 0 Å². The lowest BCUT2D eigenvalue weighted by atomic mass is 10.2. The summed E-state index contributed by atoms with van der Waals surface area (Å²) in [4.78, 5) is 20.6. The van der Waals surface area contributed by atoms with Crippen LogP contribution in [-0.4, -0.2) is 25.3 Å². The number of H-pyrrole nitrogens is 1. The molecule has 0 aromatic carbocycles. The van der Waals surface area contributed by atoms with E-state index in [1.54, 1.807) is 11.8 Å². The van der Waals surface area contributed by atoms with Crippen molar-refractivity contribution < 1.29 is 0 Å². The Kier molecular flexibility index (Phi) is 3.00. The van der Waals surface area contributed by atoms with E-state index in [-0.39, 0.29) is 5.56 Å². The lowest BCUT2D eigenvalue weighted by molar-refractivity contribution is 0.821. The minimum Gasteiger partial charge on any atom is -0.267 e. The van der Waals surface area contributed by atoms with E-state index < -0.39 is 0 Å². The highest BCUT2D eigenvalue weighted by atomic mass is 32.2. The van der Waals surface area contributed by atoms with E-state index in [1.165, 1.54) is 4.52 Å². The van der Waals surface area contributed by atoms with Gasteiger partial charge in [0, 0.05) is 5.56 Å². The van der Waals surface area contributed by atoms with Gasteiger partial charge >= 0.3 is 0 Å². The standard InChI is InChI=1S/C10H14N4OS/c1-4-7-6(3)11-9-12-10(16-5-2)13-14(9)8(7)15/h4-5H2,1-3H3,(H,11,12,13). The summed E-state index contributed by atoms with van der Waals surface area (Å²) in [6.07, 6.45) is 0.690. The number of hydrogen-bond donors (Lipinski definition) is 1. The van der Waals surface area contributed by atoms with Crippen LogP contribution >= 0.6 is 11.8 Å². The lowest BCUT2D eigenvalue weighted by Crippen LogP contribution is -2.21. The summed E-state index contributed by atoms with van der Waals surface area (Å²) in [5.41, 5.74) is 1.47. The molecule has 0 saturated carbocycles. The molecule has 0 saturated heterocycles. The van der Waals surface area contributed by atoms with E-state index in [1.807, 2.05) is 20.8 Å². The van der Waals surface area contributed by atoms with Gasteiger partial charge in [-0.05, 0) is 19.1 Å². The van der Waals surface area contributed by atoms with Gasteiger partial charge < -0.3 is 0 Å². The van der Waals surface area contributed by atoms with Crippen molar-refractivity contribution >= 4 is 17.5 Å². The monoisotopic (exact) mass is 238 g/mol. The topological polar surface area (TPSA) is 63.1 Å². The molecule has 0 bridgehead atoms. The Morgan fingerprint density at radius 3 is 2.75 bits per heavy atom. The first-order valence-corrected chi connectivity index (χ1v) is 6.27. The van der Waals surface area contributed by atoms with Crippen molar-refractivity contribution in [2.75, 3.05) is 5.75 Å². The van der Waals surface area contributed by atoms with Crippen molar-refractivity contribution in [2.24, 2.45) is 0 Å². The Hall–Kier alpha value is -1.30. The molecule has 0 unspecified atom stereocenters. The zero-order valence-corrected chi connectivity index (χ0v) is 10.4. The molecule has 5 nitrogen and oxygen atoms in total. The second kappa shape index (κ2) is 4.29. The zero-order valence-electron chi connectivity index (χ0n) is 9.57. The lowest BCUT2D eigenvalue weighted by Gasteiger charge is -2.00. The number of hydrogen-bond acceptors (Lipinski definition) is 4. The van der Waals surface area contributed by atoms with Crippen molar-refractivity contribution in [1.82, 2.24) is 19.6 Å². The Balaban J connectivity index is 2.68. The molecule has 0 radical (unpaired) electrons. The van der Waals surface area contributed by atoms with E-state index in [9.17, 15) is 4.79 Å². The smallest absolute Gasteiger partial charge is 0.267 e. The van der Waals surface area contributed by atoms with Crippen LogP contribution in [0.1, 0.15) is 25.1 Å². The first-order valence-electron chi connectivity index (χ1n) is 5.28. The largest absolute Gasteiger partial charge is 0.277 e. The average Bonchev–Trinajstić information content (AvgIpc) is 2.62. The Morgan fingerprint density at radius 2 is 2.12 bits per heavy atom. The number of aromatic nitrogens is 4. The first kappa shape index (κ1) is 11.2. The Labute approximate surface area is 97.3 Å². The van der Waals surface area contributed by atoms with Gasteiger partial charge in [0.25, 0.3) is 11.3 Å². The van der Waals surface area contributed by atoms with Crippen molar-refractivity contribution in [1.29, 1.82) is 0 Å². The van der Waals surface area contributed by atoms with Gasteiger partial charge in [-0.2, -0.15) is 9.50 Å². The number of fused-ring (bicyclic) bond motifs is 1. The van der Waals surface area contributed by atoms with Crippen LogP contribution in [0.3, 0.4) is 0 Å². The second-order valence-corrected chi connectivity index (χ2v) is 4.68. The molecule has 86 valence electrons. The SMILES string of the molecule is CCSc1nc2nc(C)c(CC)c(=O)n2[nH]1. The molecule has 2 aromatic heterocycles. The van der Waals surface area contributed by atoms with E-state index in [2.05, 4.69) is 15.1 Å². The number of rotatable bonds is 3. The summed E-state index contributed by atoms with van der Waals surface area (Å²) in [5, 5.41) is 3.70. The summed E-state index contributed by atoms with van der Waals surface area (Å²) in [6, 6.07) is 0. The van der Waals surface area contributed by atoms with Gasteiger partial charge in [0.15, 0.2) is 5.16 Å². The van der Waals surface area contributed by atoms with Crippen molar-refractivity contribution in [3.05, 3.63) is 21.6 Å². The highest BCUT2D eigenvalue weighted by molar-refractivity contribution is 7.99. The molecule has 2 aromatic rings. The van der Waals surface area contributed by atoms with Gasteiger partial charge in [0.05, 0.1) is 5.69 Å². The summed E-state index contributed by atoms with van der Waals surface area (Å²) in [7, 11) is 0. The number of nitrogens with zero attached hydrogens (tertiary/aromatic N) is 3. The molecule has 2 rings (SSSR count). The fourth-order valence-electron chi connectivity index (χ4n) is 1.64. The summed E-state index contributed by atoms with van der Waals surface area (Å²) in [5.74, 6) is 1.37. The Bertz CT molecular complexity index is 572. The second-order valence-electron chi connectivity index (χ2n) is 3.43. The minimum absolute atomic E-state index is 0.0412. The highest BCUT2D eigenvalue weighted by Gasteiger charge is 2.11. The molecule has 0 fully saturated rings. The molecule has 0 spiro atoms. The van der Waals surface area contributed by atoms with Crippen molar-refractivity contribution in [3.8, 4) is 0 Å². The third kappa shape index (κ3) is 1.73. The average molecular weight is 238 g/mol. The fourth-order valence-corrected chi connectivity index (χ4v) is 2.22. The van der Waals surface area contributed by atoms with E-state index in [0.717, 1.165) is 22.2 Å². The third-order valence-corrected chi connectivity index (χ3v) is 3.15. The number of aryl methyl sites for hydroxylation is 1. The van der Waals surface area contributed by atoms with Crippen LogP contribution in [0.5, 0.6) is 0 Å². The molecular weight excluding hydrogens is 224 g/mol. The predicted octanol–water partition coefficient (Wildman–Crippen LogP) is 1.40. The Morgan fingerprint density at radius 1 is 1.38 bits per heavy atom. The zero-order chi connectivity index (χ0) is 11.7. The molecule has 1 N–H and O–H groups in total. The summed E-state index contributed by atoms with van der Waals surface area (Å²) in [6.45, 7) is 5.84. The van der Waals surface area contributed by atoms with Crippen LogP contribution in [0.4, 0.5) is 0 Å². The van der Waals surface area contributed by atoms with E-state index in [0.29, 0.717) is 12.2 Å². The maximum Gasteiger partial charge on any atom is 0.277 e. The maximum atomic E-state index is 12.0. The van der Waals surface area contributed by atoms with Gasteiger partial charge in [-0.15, -0.1) is 0 Å². The summed E-state index contributed by atoms with van der Waals surface area (Å²) < 4.78 is 1.42. The van der Waals surface area contributed by atoms with Crippen LogP contribution in [-0.2, 0) is 6.42 Å². The van der Waals surface area contributed by atoms with Gasteiger partial charge in [-0.25, -0.2) is 4.98 Å². The quantitative estimate of drug-likeness (QED) is 0.821. The molecule has 6 heteroatoms. The third-order valence-electron chi connectivity index (χ3n) is 2.41. The number of nitrogens with one attached hydrogen (secondary N) is 1. The highest BCUT2D eigenvalue weighted by Crippen LogP contribution is 2.12. The van der Waals surface area contributed by atoms with Crippen LogP contribution < -0.4 is 5.56 Å². The van der Waals surface area contributed by atoms with Gasteiger partial charge in [-0.3, -0.25) is 9.89 Å². The van der Waals surface area contributed by atoms with Crippen molar-refractivity contribution in [2.45, 2.75) is 32.3 Å². The van der Waals surface area contributed by atoms with Crippen molar-refractivity contribution in [3.63, 3.8) is 0 Å². The fraction of sp³-hybridized carbons (Fsp3) is 0.500. The number of thioether (sulfide) groups is 1. The van der Waals surface area contributed by atoms with Crippen LogP contribution in [0.25, 0.3) is 5.78 Å². The van der Waals surface area contributed by atoms with E-state index >= 15 is 0 Å². The van der Waals surface area contributed by atoms with Gasteiger partial charge in [0.1, 0.15) is 0 Å². The first-order chi connectivity index (χ1) is 7.67. The van der Waals surface area contributed by atoms with Crippen LogP contribution in [0.15, 0.2) is 9.95 Å². The molecule has 0 atom stereocenters. The molecule has 2 heterocycles. The predicted molar refractivity (Wildman–Crippen MR) is 64.1 cm³/mol. The molecule has 0 aliphatic carbocycles. The van der Waals surface area contributed by atoms with Crippen LogP contribution in [0, 0.1) is 6.92 Å². The maximum absolute atomic E-state index is 12.0. The van der Waals surface area contributed by atoms with Gasteiger partial charge in [-0.1, -0.05) is 25.6 Å². The molecule has 0 aliphatic heterocycles.